The molecule has 5 rings (SSSR count). The number of fused-ring (bicyclic) bond motifs is 3. The van der Waals surface area contributed by atoms with Crippen molar-refractivity contribution in [3.05, 3.63) is 87.6 Å². The van der Waals surface area contributed by atoms with Crippen molar-refractivity contribution in [3.63, 3.8) is 0 Å². The minimum absolute atomic E-state index is 0.0391. The lowest BCUT2D eigenvalue weighted by Gasteiger charge is -2.35. The maximum atomic E-state index is 13.8. The number of pyridine rings is 2. The molecule has 3 aromatic rings. The van der Waals surface area contributed by atoms with E-state index in [0.717, 1.165) is 47.2 Å². The molecule has 7 nitrogen and oxygen atoms in total. The van der Waals surface area contributed by atoms with Gasteiger partial charge in [0.15, 0.2) is 5.43 Å². The monoisotopic (exact) mass is 490 g/mol. The van der Waals surface area contributed by atoms with Crippen LogP contribution < -0.4 is 5.43 Å². The van der Waals surface area contributed by atoms with Gasteiger partial charge < -0.3 is 14.2 Å². The van der Waals surface area contributed by atoms with E-state index in [0.29, 0.717) is 31.7 Å². The van der Waals surface area contributed by atoms with Crippen molar-refractivity contribution < 1.29 is 9.53 Å². The van der Waals surface area contributed by atoms with Crippen LogP contribution in [0.2, 0.25) is 0 Å². The number of amides is 1. The fourth-order valence-electron chi connectivity index (χ4n) is 4.97. The molecule has 0 bridgehead atoms. The standard InChI is InChI=1S/C27H30N4O3S/c1-19-16-23(32)26(27(33)30-12-10-29(11-13-30)14-15-34-2)22-17-25(20-6-5-9-28-18-20)35-24-8-4-3-7-21(24)31(19)22/h3-9,16,18,25H,10-15,17H2,1-2H3. The van der Waals surface area contributed by atoms with Crippen LogP contribution in [0.25, 0.3) is 5.69 Å². The molecule has 1 amide bonds. The molecule has 0 spiro atoms. The number of rotatable bonds is 5. The summed E-state index contributed by atoms with van der Waals surface area (Å²) in [4.78, 5) is 36.8. The van der Waals surface area contributed by atoms with Crippen LogP contribution in [0.3, 0.4) is 0 Å². The number of aromatic nitrogens is 2. The van der Waals surface area contributed by atoms with E-state index in [1.807, 2.05) is 36.2 Å². The highest BCUT2D eigenvalue weighted by Gasteiger charge is 2.32. The zero-order chi connectivity index (χ0) is 24.4. The van der Waals surface area contributed by atoms with Gasteiger partial charge in [0.1, 0.15) is 5.56 Å². The summed E-state index contributed by atoms with van der Waals surface area (Å²) in [5, 5.41) is 0.0391. The van der Waals surface area contributed by atoms with Gasteiger partial charge in [-0.05, 0) is 30.7 Å². The molecule has 2 aliphatic rings. The van der Waals surface area contributed by atoms with Gasteiger partial charge in [-0.15, -0.1) is 11.8 Å². The molecule has 1 aromatic carbocycles. The van der Waals surface area contributed by atoms with Gasteiger partial charge in [-0.2, -0.15) is 0 Å². The summed E-state index contributed by atoms with van der Waals surface area (Å²) < 4.78 is 7.30. The Morgan fingerprint density at radius 1 is 1.14 bits per heavy atom. The van der Waals surface area contributed by atoms with E-state index in [1.165, 1.54) is 0 Å². The van der Waals surface area contributed by atoms with Crippen molar-refractivity contribution in [2.24, 2.45) is 0 Å². The fraction of sp³-hybridized carbons (Fsp3) is 0.370. The van der Waals surface area contributed by atoms with Crippen LogP contribution in [0, 0.1) is 6.92 Å². The average molecular weight is 491 g/mol. The summed E-state index contributed by atoms with van der Waals surface area (Å²) in [5.74, 6) is -0.167. The van der Waals surface area contributed by atoms with Gasteiger partial charge in [0.25, 0.3) is 5.91 Å². The van der Waals surface area contributed by atoms with Gasteiger partial charge in [-0.3, -0.25) is 19.5 Å². The highest BCUT2D eigenvalue weighted by molar-refractivity contribution is 7.99. The summed E-state index contributed by atoms with van der Waals surface area (Å²) in [6.45, 7) is 6.23. The lowest BCUT2D eigenvalue weighted by molar-refractivity contribution is 0.0591. The molecule has 182 valence electrons. The molecule has 0 aliphatic carbocycles. The zero-order valence-electron chi connectivity index (χ0n) is 20.1. The van der Waals surface area contributed by atoms with Crippen molar-refractivity contribution in [3.8, 4) is 5.69 Å². The third kappa shape index (κ3) is 4.78. The number of para-hydroxylation sites is 1. The molecule has 1 saturated heterocycles. The van der Waals surface area contributed by atoms with E-state index in [-0.39, 0.29) is 16.6 Å². The molecule has 1 atom stereocenters. The number of ether oxygens (including phenoxy) is 1. The van der Waals surface area contributed by atoms with Gasteiger partial charge in [0.05, 0.1) is 12.3 Å². The van der Waals surface area contributed by atoms with E-state index in [4.69, 9.17) is 4.74 Å². The van der Waals surface area contributed by atoms with Crippen molar-refractivity contribution in [2.75, 3.05) is 46.4 Å². The highest BCUT2D eigenvalue weighted by atomic mass is 32.2. The van der Waals surface area contributed by atoms with Crippen LogP contribution in [-0.2, 0) is 11.2 Å². The second-order valence-electron chi connectivity index (χ2n) is 9.00. The van der Waals surface area contributed by atoms with E-state index < -0.39 is 0 Å². The molecule has 0 radical (unpaired) electrons. The largest absolute Gasteiger partial charge is 0.383 e. The number of aryl methyl sites for hydroxylation is 1. The van der Waals surface area contributed by atoms with Crippen molar-refractivity contribution in [1.82, 2.24) is 19.4 Å². The summed E-state index contributed by atoms with van der Waals surface area (Å²) in [7, 11) is 1.70. The van der Waals surface area contributed by atoms with Crippen molar-refractivity contribution >= 4 is 17.7 Å². The predicted octanol–water partition coefficient (Wildman–Crippen LogP) is 3.33. The summed E-state index contributed by atoms with van der Waals surface area (Å²) in [6, 6.07) is 13.8. The Morgan fingerprint density at radius 2 is 1.94 bits per heavy atom. The van der Waals surface area contributed by atoms with Crippen molar-refractivity contribution in [1.29, 1.82) is 0 Å². The van der Waals surface area contributed by atoms with Crippen LogP contribution in [0.15, 0.2) is 64.5 Å². The van der Waals surface area contributed by atoms with Crippen LogP contribution in [0.5, 0.6) is 0 Å². The first-order chi connectivity index (χ1) is 17.1. The number of carbonyl (C=O) groups is 1. The first-order valence-electron chi connectivity index (χ1n) is 12.0. The minimum Gasteiger partial charge on any atom is -0.383 e. The second-order valence-corrected chi connectivity index (χ2v) is 10.2. The molecule has 2 aromatic heterocycles. The molecular formula is C27H30N4O3S. The third-order valence-corrected chi connectivity index (χ3v) is 8.12. The number of carbonyl (C=O) groups excluding carboxylic acids is 1. The van der Waals surface area contributed by atoms with Crippen LogP contribution in [0.1, 0.15) is 32.6 Å². The van der Waals surface area contributed by atoms with Gasteiger partial charge >= 0.3 is 0 Å². The molecule has 35 heavy (non-hydrogen) atoms. The van der Waals surface area contributed by atoms with Crippen LogP contribution in [-0.4, -0.2) is 71.7 Å². The maximum Gasteiger partial charge on any atom is 0.259 e. The van der Waals surface area contributed by atoms with Gasteiger partial charge in [0, 0.05) is 86.2 Å². The number of thioether (sulfide) groups is 1. The fourth-order valence-corrected chi connectivity index (χ4v) is 6.23. The number of hydrogen-bond donors (Lipinski definition) is 0. The SMILES string of the molecule is COCCN1CCN(C(=O)c2c3n(c(C)cc2=O)-c2ccccc2SC(c2cccnc2)C3)CC1. The summed E-state index contributed by atoms with van der Waals surface area (Å²) in [6.07, 6.45) is 4.21. The smallest absolute Gasteiger partial charge is 0.259 e. The molecule has 0 N–H and O–H groups in total. The molecule has 0 saturated carbocycles. The van der Waals surface area contributed by atoms with Crippen LogP contribution >= 0.6 is 11.8 Å². The topological polar surface area (TPSA) is 67.7 Å². The van der Waals surface area contributed by atoms with Gasteiger partial charge in [-0.25, -0.2) is 0 Å². The Balaban J connectivity index is 1.57. The molecule has 2 aliphatic heterocycles. The van der Waals surface area contributed by atoms with Gasteiger partial charge in [-0.1, -0.05) is 18.2 Å². The quantitative estimate of drug-likeness (QED) is 0.547. The Hall–Kier alpha value is -2.94. The first kappa shape index (κ1) is 23.8. The van der Waals surface area contributed by atoms with Crippen molar-refractivity contribution in [2.45, 2.75) is 23.5 Å². The zero-order valence-corrected chi connectivity index (χ0v) is 21.0. The predicted molar refractivity (Wildman–Crippen MR) is 138 cm³/mol. The molecule has 1 fully saturated rings. The Kier molecular flexibility index (Phi) is 7.04. The van der Waals surface area contributed by atoms with Gasteiger partial charge in [0.2, 0.25) is 0 Å². The Bertz CT molecular complexity index is 1270. The normalized spacial score (nSPS) is 18.0. The highest BCUT2D eigenvalue weighted by Crippen LogP contribution is 2.44. The van der Waals surface area contributed by atoms with E-state index >= 15 is 0 Å². The molecule has 8 heteroatoms. The third-order valence-electron chi connectivity index (χ3n) is 6.79. The first-order valence-corrected chi connectivity index (χ1v) is 12.9. The number of hydrogen-bond acceptors (Lipinski definition) is 6. The number of nitrogens with zero attached hydrogens (tertiary/aromatic N) is 4. The summed E-state index contributed by atoms with van der Waals surface area (Å²) in [5.41, 5.74) is 3.82. The van der Waals surface area contributed by atoms with E-state index in [2.05, 4.69) is 32.7 Å². The Morgan fingerprint density at radius 3 is 2.69 bits per heavy atom. The lowest BCUT2D eigenvalue weighted by Crippen LogP contribution is -2.50. The maximum absolute atomic E-state index is 13.8. The summed E-state index contributed by atoms with van der Waals surface area (Å²) >= 11 is 1.76. The van der Waals surface area contributed by atoms with E-state index in [9.17, 15) is 9.59 Å². The van der Waals surface area contributed by atoms with E-state index in [1.54, 1.807) is 31.1 Å². The molecule has 4 heterocycles. The lowest BCUT2D eigenvalue weighted by atomic mass is 10.0. The van der Waals surface area contributed by atoms with Crippen LogP contribution in [0.4, 0.5) is 0 Å². The number of piperazine rings is 1. The second kappa shape index (κ2) is 10.4. The molecular weight excluding hydrogens is 460 g/mol. The number of benzene rings is 1. The number of methoxy groups -OCH3 is 1. The molecule has 1 unspecified atom stereocenters. The average Bonchev–Trinajstić information content (AvgIpc) is 3.05. The minimum atomic E-state index is -0.199. The Labute approximate surface area is 209 Å².